The van der Waals surface area contributed by atoms with E-state index in [-0.39, 0.29) is 17.0 Å². The number of nitro groups is 1. The Kier molecular flexibility index (Phi) is 3.76. The first kappa shape index (κ1) is 14.5. The zero-order chi connectivity index (χ0) is 15.7. The molecule has 0 unspecified atom stereocenters. The average Bonchev–Trinajstić information content (AvgIpc) is 3.26. The number of aromatic nitrogens is 1. The summed E-state index contributed by atoms with van der Waals surface area (Å²) in [5.41, 5.74) is 0.940. The minimum atomic E-state index is -0.551. The normalized spacial score (nSPS) is 13.7. The number of hydrogen-bond acceptors (Lipinski definition) is 6. The van der Waals surface area contributed by atoms with Crippen LogP contribution in [0.25, 0.3) is 0 Å². The summed E-state index contributed by atoms with van der Waals surface area (Å²) in [6.07, 6.45) is 2.27. The molecule has 2 aromatic rings. The van der Waals surface area contributed by atoms with Crippen LogP contribution in [0.2, 0.25) is 0 Å². The Morgan fingerprint density at radius 2 is 2.27 bits per heavy atom. The van der Waals surface area contributed by atoms with Crippen LogP contribution < -0.4 is 10.1 Å². The Morgan fingerprint density at radius 3 is 2.91 bits per heavy atom. The molecule has 0 spiro atoms. The molecule has 1 fully saturated rings. The van der Waals surface area contributed by atoms with Crippen molar-refractivity contribution in [1.82, 2.24) is 4.98 Å². The Balaban J connectivity index is 1.83. The lowest BCUT2D eigenvalue weighted by atomic mass is 10.1. The van der Waals surface area contributed by atoms with E-state index in [1.165, 1.54) is 36.6 Å². The number of benzene rings is 1. The number of methoxy groups -OCH3 is 1. The van der Waals surface area contributed by atoms with Crippen molar-refractivity contribution in [3.63, 3.8) is 0 Å². The van der Waals surface area contributed by atoms with Crippen molar-refractivity contribution in [3.05, 3.63) is 45.0 Å². The van der Waals surface area contributed by atoms with E-state index in [1.54, 1.807) is 0 Å². The Labute approximate surface area is 130 Å². The second kappa shape index (κ2) is 5.72. The lowest BCUT2D eigenvalue weighted by Gasteiger charge is -2.07. The van der Waals surface area contributed by atoms with Gasteiger partial charge in [0.05, 0.1) is 23.3 Å². The number of nitrogens with one attached hydrogen (secondary N) is 1. The monoisotopic (exact) mass is 319 g/mol. The van der Waals surface area contributed by atoms with Gasteiger partial charge in [-0.3, -0.25) is 20.2 Å². The highest BCUT2D eigenvalue weighted by atomic mass is 32.1. The fourth-order valence-electron chi connectivity index (χ4n) is 2.06. The van der Waals surface area contributed by atoms with Gasteiger partial charge in [0, 0.05) is 23.4 Å². The van der Waals surface area contributed by atoms with E-state index in [9.17, 15) is 14.9 Å². The number of thiazole rings is 1. The number of ether oxygens (including phenoxy) is 1. The number of carbonyl (C=O) groups is 1. The van der Waals surface area contributed by atoms with E-state index in [0.29, 0.717) is 11.0 Å². The van der Waals surface area contributed by atoms with E-state index >= 15 is 0 Å². The summed E-state index contributed by atoms with van der Waals surface area (Å²) in [7, 11) is 1.41. The molecule has 3 rings (SSSR count). The van der Waals surface area contributed by atoms with Crippen LogP contribution in [0, 0.1) is 10.1 Å². The van der Waals surface area contributed by atoms with Gasteiger partial charge in [-0.15, -0.1) is 11.3 Å². The summed E-state index contributed by atoms with van der Waals surface area (Å²) in [5.74, 6) is 0.313. The summed E-state index contributed by atoms with van der Waals surface area (Å²) in [4.78, 5) is 27.0. The summed E-state index contributed by atoms with van der Waals surface area (Å²) in [5, 5.41) is 15.9. The van der Waals surface area contributed by atoms with Crippen molar-refractivity contribution in [2.24, 2.45) is 0 Å². The molecule has 0 bridgehead atoms. The highest BCUT2D eigenvalue weighted by molar-refractivity contribution is 7.14. The molecular weight excluding hydrogens is 306 g/mol. The third-order valence-electron chi connectivity index (χ3n) is 3.38. The zero-order valence-electron chi connectivity index (χ0n) is 11.7. The molecule has 22 heavy (non-hydrogen) atoms. The predicted molar refractivity (Wildman–Crippen MR) is 81.7 cm³/mol. The van der Waals surface area contributed by atoms with Crippen molar-refractivity contribution < 1.29 is 14.5 Å². The van der Waals surface area contributed by atoms with Crippen LogP contribution in [0.5, 0.6) is 5.75 Å². The van der Waals surface area contributed by atoms with Crippen molar-refractivity contribution in [1.29, 1.82) is 0 Å². The molecule has 1 N–H and O–H groups in total. The van der Waals surface area contributed by atoms with Gasteiger partial charge in [0.25, 0.3) is 11.6 Å². The van der Waals surface area contributed by atoms with Crippen molar-refractivity contribution >= 4 is 28.1 Å². The quantitative estimate of drug-likeness (QED) is 0.674. The van der Waals surface area contributed by atoms with E-state index in [4.69, 9.17) is 4.74 Å². The van der Waals surface area contributed by atoms with Gasteiger partial charge < -0.3 is 4.74 Å². The molecule has 1 aromatic heterocycles. The second-order valence-electron chi connectivity index (χ2n) is 4.95. The largest absolute Gasteiger partial charge is 0.496 e. The fraction of sp³-hybridized carbons (Fsp3) is 0.286. The smallest absolute Gasteiger partial charge is 0.270 e. The van der Waals surface area contributed by atoms with Gasteiger partial charge in [0.2, 0.25) is 0 Å². The lowest BCUT2D eigenvalue weighted by Crippen LogP contribution is -2.13. The highest BCUT2D eigenvalue weighted by Gasteiger charge is 2.26. The number of anilines is 1. The van der Waals surface area contributed by atoms with Crippen molar-refractivity contribution in [3.8, 4) is 5.75 Å². The first-order valence-electron chi connectivity index (χ1n) is 6.67. The molecule has 114 valence electrons. The van der Waals surface area contributed by atoms with E-state index in [1.807, 2.05) is 5.38 Å². The number of carbonyl (C=O) groups excluding carboxylic acids is 1. The molecular formula is C14H13N3O4S. The fourth-order valence-corrected chi connectivity index (χ4v) is 2.85. The molecule has 1 aliphatic carbocycles. The maximum atomic E-state index is 12.3. The molecule has 1 saturated carbocycles. The zero-order valence-corrected chi connectivity index (χ0v) is 12.6. The Hall–Kier alpha value is -2.48. The topological polar surface area (TPSA) is 94.4 Å². The molecule has 1 aromatic carbocycles. The summed E-state index contributed by atoms with van der Waals surface area (Å²) >= 11 is 1.35. The van der Waals surface area contributed by atoms with Crippen LogP contribution in [-0.2, 0) is 0 Å². The third kappa shape index (κ3) is 2.91. The van der Waals surface area contributed by atoms with Crippen LogP contribution in [0.3, 0.4) is 0 Å². The number of hydrogen-bond donors (Lipinski definition) is 1. The minimum Gasteiger partial charge on any atom is -0.496 e. The third-order valence-corrected chi connectivity index (χ3v) is 4.15. The van der Waals surface area contributed by atoms with E-state index < -0.39 is 10.8 Å². The van der Waals surface area contributed by atoms with Gasteiger partial charge in [-0.05, 0) is 18.9 Å². The van der Waals surface area contributed by atoms with Crippen LogP contribution >= 0.6 is 11.3 Å². The van der Waals surface area contributed by atoms with Gasteiger partial charge in [0.1, 0.15) is 5.75 Å². The molecule has 0 radical (unpaired) electrons. The van der Waals surface area contributed by atoms with Gasteiger partial charge in [-0.1, -0.05) is 0 Å². The lowest BCUT2D eigenvalue weighted by molar-refractivity contribution is -0.384. The van der Waals surface area contributed by atoms with Gasteiger partial charge in [-0.25, -0.2) is 4.98 Å². The molecule has 1 amide bonds. The minimum absolute atomic E-state index is 0.111. The maximum absolute atomic E-state index is 12.3. The van der Waals surface area contributed by atoms with E-state index in [0.717, 1.165) is 18.5 Å². The van der Waals surface area contributed by atoms with Crippen LogP contribution in [0.1, 0.15) is 34.8 Å². The van der Waals surface area contributed by atoms with Gasteiger partial charge in [0.15, 0.2) is 5.13 Å². The maximum Gasteiger partial charge on any atom is 0.270 e. The SMILES string of the molecule is COc1ccc([N+](=O)[O-])cc1C(=O)Nc1nc(C2CC2)cs1. The standard InChI is InChI=1S/C14H13N3O4S/c1-21-12-5-4-9(17(19)20)6-10(12)13(18)16-14-15-11(7-22-14)8-2-3-8/h4-8H,2-3H2,1H3,(H,15,16,18). The Bertz CT molecular complexity index is 739. The van der Waals surface area contributed by atoms with Crippen LogP contribution in [0.4, 0.5) is 10.8 Å². The molecule has 0 aliphatic heterocycles. The summed E-state index contributed by atoms with van der Waals surface area (Å²) in [6, 6.07) is 3.90. The number of nitrogens with zero attached hydrogens (tertiary/aromatic N) is 2. The average molecular weight is 319 g/mol. The summed E-state index contributed by atoms with van der Waals surface area (Å²) < 4.78 is 5.09. The van der Waals surface area contributed by atoms with Gasteiger partial charge in [-0.2, -0.15) is 0 Å². The Morgan fingerprint density at radius 1 is 1.50 bits per heavy atom. The molecule has 7 nitrogen and oxygen atoms in total. The van der Waals surface area contributed by atoms with Crippen molar-refractivity contribution in [2.45, 2.75) is 18.8 Å². The first-order valence-corrected chi connectivity index (χ1v) is 7.55. The molecule has 8 heteroatoms. The van der Waals surface area contributed by atoms with Crippen molar-refractivity contribution in [2.75, 3.05) is 12.4 Å². The van der Waals surface area contributed by atoms with Gasteiger partial charge >= 0.3 is 0 Å². The van der Waals surface area contributed by atoms with Crippen LogP contribution in [0.15, 0.2) is 23.6 Å². The first-order chi connectivity index (χ1) is 10.6. The number of amides is 1. The summed E-state index contributed by atoms with van der Waals surface area (Å²) in [6.45, 7) is 0. The second-order valence-corrected chi connectivity index (χ2v) is 5.81. The van der Waals surface area contributed by atoms with E-state index in [2.05, 4.69) is 10.3 Å². The number of nitro benzene ring substituents is 1. The molecule has 1 aliphatic rings. The van der Waals surface area contributed by atoms with Crippen LogP contribution in [-0.4, -0.2) is 22.9 Å². The molecule has 0 saturated heterocycles. The highest BCUT2D eigenvalue weighted by Crippen LogP contribution is 2.41. The molecule has 0 atom stereocenters. The molecule has 1 heterocycles. The number of rotatable bonds is 5. The predicted octanol–water partition coefficient (Wildman–Crippen LogP) is 3.19. The number of non-ortho nitro benzene ring substituents is 1.